The minimum Gasteiger partial charge on any atom is -0.469 e. The van der Waals surface area contributed by atoms with Gasteiger partial charge < -0.3 is 14.7 Å². The highest BCUT2D eigenvalue weighted by Crippen LogP contribution is 2.17. The number of aliphatic hydroxyl groups excluding tert-OH is 1. The molecule has 0 aliphatic carbocycles. The van der Waals surface area contributed by atoms with E-state index in [-0.39, 0.29) is 12.1 Å². The summed E-state index contributed by atoms with van der Waals surface area (Å²) in [6, 6.07) is 0. The topological polar surface area (TPSA) is 67.8 Å². The lowest BCUT2D eigenvalue weighted by Crippen LogP contribution is -2.42. The number of esters is 1. The number of nitrogens with one attached hydrogen (secondary N) is 1. The molecule has 2 N–H and O–H groups in total. The first-order valence-electron chi connectivity index (χ1n) is 4.45. The molecule has 0 bridgehead atoms. The van der Waals surface area contributed by atoms with E-state index in [1.807, 2.05) is 13.8 Å². The first kappa shape index (κ1) is 13.4. The molecule has 1 unspecified atom stereocenters. The zero-order valence-corrected chi connectivity index (χ0v) is 9.16. The van der Waals surface area contributed by atoms with E-state index in [0.29, 0.717) is 6.42 Å². The lowest BCUT2D eigenvalue weighted by atomic mass is 9.92. The number of hydrogen-bond acceptors (Lipinski definition) is 5. The molecule has 5 heteroatoms. The zero-order chi connectivity index (χ0) is 11.2. The van der Waals surface area contributed by atoms with E-state index in [2.05, 4.69) is 10.2 Å². The fourth-order valence-corrected chi connectivity index (χ4v) is 1.32. The Morgan fingerprint density at radius 2 is 2.07 bits per heavy atom. The minimum atomic E-state index is -0.516. The molecule has 0 aromatic rings. The molecular weight excluding hydrogens is 186 g/mol. The fraction of sp³-hybridized carbons (Fsp3) is 0.889. The van der Waals surface area contributed by atoms with Crippen LogP contribution in [0.5, 0.6) is 0 Å². The normalized spacial score (nSPS) is 13.8. The quantitative estimate of drug-likeness (QED) is 0.475. The van der Waals surface area contributed by atoms with Crippen molar-refractivity contribution in [1.82, 2.24) is 5.48 Å². The molecular formula is C9H19NO4. The number of carbonyl (C=O) groups excluding carboxylic acids is 1. The zero-order valence-electron chi connectivity index (χ0n) is 9.16. The van der Waals surface area contributed by atoms with Crippen LogP contribution in [0.4, 0.5) is 0 Å². The van der Waals surface area contributed by atoms with E-state index < -0.39 is 11.9 Å². The van der Waals surface area contributed by atoms with Gasteiger partial charge in [-0.2, -0.15) is 5.48 Å². The molecule has 84 valence electrons. The number of aliphatic hydroxyl groups is 1. The molecule has 0 heterocycles. The molecule has 0 amide bonds. The van der Waals surface area contributed by atoms with Crippen LogP contribution in [0.25, 0.3) is 0 Å². The maximum Gasteiger partial charge on any atom is 0.311 e. The highest BCUT2D eigenvalue weighted by molar-refractivity contribution is 5.72. The van der Waals surface area contributed by atoms with E-state index in [1.54, 1.807) is 0 Å². The maximum atomic E-state index is 11.2. The van der Waals surface area contributed by atoms with Crippen molar-refractivity contribution in [3.8, 4) is 0 Å². The summed E-state index contributed by atoms with van der Waals surface area (Å²) in [5.41, 5.74) is 2.37. The first-order valence-corrected chi connectivity index (χ1v) is 4.45. The van der Waals surface area contributed by atoms with Gasteiger partial charge in [-0.15, -0.1) is 0 Å². The Bertz CT molecular complexity index is 182. The smallest absolute Gasteiger partial charge is 0.311 e. The summed E-state index contributed by atoms with van der Waals surface area (Å²) in [6.07, 6.45) is 0.448. The summed E-state index contributed by atoms with van der Waals surface area (Å²) in [7, 11) is 2.82. The fourth-order valence-electron chi connectivity index (χ4n) is 1.32. The molecule has 1 atom stereocenters. The van der Waals surface area contributed by atoms with E-state index in [1.165, 1.54) is 14.2 Å². The minimum absolute atomic E-state index is 0.221. The van der Waals surface area contributed by atoms with Crippen LogP contribution in [-0.2, 0) is 14.4 Å². The van der Waals surface area contributed by atoms with Crippen molar-refractivity contribution in [2.24, 2.45) is 5.92 Å². The summed E-state index contributed by atoms with van der Waals surface area (Å²) in [5, 5.41) is 8.99. The van der Waals surface area contributed by atoms with Gasteiger partial charge in [0.25, 0.3) is 0 Å². The van der Waals surface area contributed by atoms with Crippen LogP contribution in [0.3, 0.4) is 0 Å². The van der Waals surface area contributed by atoms with E-state index in [0.717, 1.165) is 0 Å². The predicted octanol–water partition coefficient (Wildman–Crippen LogP) is 0.0876. The Morgan fingerprint density at radius 3 is 2.43 bits per heavy atom. The van der Waals surface area contributed by atoms with Crippen molar-refractivity contribution in [2.75, 3.05) is 20.8 Å². The second-order valence-electron chi connectivity index (χ2n) is 3.80. The molecule has 5 nitrogen and oxygen atoms in total. The number of carbonyl (C=O) groups is 1. The van der Waals surface area contributed by atoms with Crippen molar-refractivity contribution < 1.29 is 19.5 Å². The number of methoxy groups -OCH3 is 1. The van der Waals surface area contributed by atoms with E-state index >= 15 is 0 Å². The van der Waals surface area contributed by atoms with Crippen LogP contribution < -0.4 is 5.48 Å². The summed E-state index contributed by atoms with van der Waals surface area (Å²) < 4.78 is 4.56. The van der Waals surface area contributed by atoms with Gasteiger partial charge in [-0.25, -0.2) is 0 Å². The monoisotopic (exact) mass is 205 g/mol. The summed E-state index contributed by atoms with van der Waals surface area (Å²) in [5.74, 6) is -0.920. The molecule has 0 spiro atoms. The lowest BCUT2D eigenvalue weighted by Gasteiger charge is -2.27. The summed E-state index contributed by atoms with van der Waals surface area (Å²) >= 11 is 0. The van der Waals surface area contributed by atoms with E-state index in [9.17, 15) is 4.79 Å². The lowest BCUT2D eigenvalue weighted by molar-refractivity contribution is -0.148. The van der Waals surface area contributed by atoms with Gasteiger partial charge >= 0.3 is 5.97 Å². The summed E-state index contributed by atoms with van der Waals surface area (Å²) in [6.45, 7) is 3.53. The maximum absolute atomic E-state index is 11.2. The Morgan fingerprint density at radius 1 is 1.50 bits per heavy atom. The van der Waals surface area contributed by atoms with Gasteiger partial charge in [-0.1, -0.05) is 0 Å². The Kier molecular flexibility index (Phi) is 5.68. The average Bonchev–Trinajstić information content (AvgIpc) is 2.13. The van der Waals surface area contributed by atoms with Crippen LogP contribution in [0.1, 0.15) is 20.3 Å². The number of hydroxylamine groups is 1. The van der Waals surface area contributed by atoms with Crippen molar-refractivity contribution in [2.45, 2.75) is 25.8 Å². The second kappa shape index (κ2) is 5.95. The molecule has 0 saturated carbocycles. The predicted molar refractivity (Wildman–Crippen MR) is 51.4 cm³/mol. The van der Waals surface area contributed by atoms with Crippen LogP contribution in [0, 0.1) is 5.92 Å². The van der Waals surface area contributed by atoms with Gasteiger partial charge in [0, 0.05) is 5.54 Å². The number of rotatable bonds is 6. The van der Waals surface area contributed by atoms with Gasteiger partial charge in [0.15, 0.2) is 0 Å². The van der Waals surface area contributed by atoms with E-state index in [4.69, 9.17) is 9.94 Å². The third-order valence-corrected chi connectivity index (χ3v) is 1.89. The highest BCUT2D eigenvalue weighted by atomic mass is 16.6. The molecule has 0 aliphatic rings. The van der Waals surface area contributed by atoms with Gasteiger partial charge in [-0.05, 0) is 20.3 Å². The van der Waals surface area contributed by atoms with Gasteiger partial charge in [0.1, 0.15) is 0 Å². The van der Waals surface area contributed by atoms with Crippen molar-refractivity contribution >= 4 is 5.97 Å². The summed E-state index contributed by atoms with van der Waals surface area (Å²) in [4.78, 5) is 16.0. The molecule has 0 fully saturated rings. The Balaban J connectivity index is 4.22. The molecule has 0 aromatic heterocycles. The molecule has 0 aromatic carbocycles. The van der Waals surface area contributed by atoms with Gasteiger partial charge in [0.05, 0.1) is 26.7 Å². The largest absolute Gasteiger partial charge is 0.469 e. The third kappa shape index (κ3) is 4.55. The average molecular weight is 205 g/mol. The van der Waals surface area contributed by atoms with Crippen molar-refractivity contribution in [3.63, 3.8) is 0 Å². The highest BCUT2D eigenvalue weighted by Gasteiger charge is 2.28. The number of hydrogen-bond donors (Lipinski definition) is 2. The van der Waals surface area contributed by atoms with Crippen LogP contribution in [-0.4, -0.2) is 37.4 Å². The third-order valence-electron chi connectivity index (χ3n) is 1.89. The van der Waals surface area contributed by atoms with Crippen molar-refractivity contribution in [3.05, 3.63) is 0 Å². The molecule has 0 aliphatic heterocycles. The van der Waals surface area contributed by atoms with Gasteiger partial charge in [-0.3, -0.25) is 4.79 Å². The molecule has 0 radical (unpaired) electrons. The van der Waals surface area contributed by atoms with Gasteiger partial charge in [0.2, 0.25) is 0 Å². The second-order valence-corrected chi connectivity index (χ2v) is 3.80. The SMILES string of the molecule is CONC(C)(C)CC(CO)C(=O)OC. The van der Waals surface area contributed by atoms with Crippen LogP contribution in [0.2, 0.25) is 0 Å². The number of ether oxygens (including phenoxy) is 1. The van der Waals surface area contributed by atoms with Crippen LogP contribution in [0.15, 0.2) is 0 Å². The van der Waals surface area contributed by atoms with Crippen LogP contribution >= 0.6 is 0 Å². The first-order chi connectivity index (χ1) is 6.46. The Hall–Kier alpha value is -0.650. The van der Waals surface area contributed by atoms with Crippen molar-refractivity contribution in [1.29, 1.82) is 0 Å². The molecule has 0 rings (SSSR count). The Labute approximate surface area is 84.3 Å². The standard InChI is InChI=1S/C9H19NO4/c1-9(2,10-14-4)5-7(6-11)8(12)13-3/h7,10-11H,5-6H2,1-4H3. The molecule has 14 heavy (non-hydrogen) atoms. The molecule has 0 saturated heterocycles.